The Kier molecular flexibility index (Phi) is 3.43. The van der Waals surface area contributed by atoms with Crippen LogP contribution in [0.1, 0.15) is 13.3 Å². The second kappa shape index (κ2) is 4.82. The quantitative estimate of drug-likeness (QED) is 0.639. The Balaban J connectivity index is 1.81. The summed E-state index contributed by atoms with van der Waals surface area (Å²) >= 11 is 0. The van der Waals surface area contributed by atoms with Crippen molar-refractivity contribution in [1.29, 1.82) is 0 Å². The summed E-state index contributed by atoms with van der Waals surface area (Å²) < 4.78 is 10.1. The molecule has 90 valence electrons. The van der Waals surface area contributed by atoms with Gasteiger partial charge in [-0.25, -0.2) is 0 Å². The number of hydrogen-bond acceptors (Lipinski definition) is 4. The zero-order chi connectivity index (χ0) is 11.5. The molecule has 2 fully saturated rings. The lowest BCUT2D eigenvalue weighted by Gasteiger charge is -2.26. The van der Waals surface area contributed by atoms with E-state index in [4.69, 9.17) is 9.47 Å². The molecule has 16 heavy (non-hydrogen) atoms. The fourth-order valence-electron chi connectivity index (χ4n) is 2.00. The molecule has 0 aromatic rings. The smallest absolute Gasteiger partial charge is 0.309 e. The first kappa shape index (κ1) is 11.4. The summed E-state index contributed by atoms with van der Waals surface area (Å²) in [5.41, 5.74) is 0. The van der Waals surface area contributed by atoms with Gasteiger partial charge in [0.1, 0.15) is 0 Å². The highest BCUT2D eigenvalue weighted by atomic mass is 16.5. The van der Waals surface area contributed by atoms with Gasteiger partial charge in [-0.2, -0.15) is 0 Å². The van der Waals surface area contributed by atoms with E-state index in [1.807, 2.05) is 0 Å². The Hall–Kier alpha value is -1.10. The van der Waals surface area contributed by atoms with E-state index in [-0.39, 0.29) is 23.7 Å². The minimum atomic E-state index is -0.228. The van der Waals surface area contributed by atoms with Gasteiger partial charge >= 0.3 is 5.97 Å². The highest BCUT2D eigenvalue weighted by Crippen LogP contribution is 2.41. The minimum absolute atomic E-state index is 0.0846. The topological polar surface area (TPSA) is 55.8 Å². The van der Waals surface area contributed by atoms with E-state index in [2.05, 4.69) is 0 Å². The molecule has 2 rings (SSSR count). The highest BCUT2D eigenvalue weighted by Gasteiger charge is 2.50. The van der Waals surface area contributed by atoms with Crippen LogP contribution >= 0.6 is 0 Å². The monoisotopic (exact) mass is 227 g/mol. The molecular formula is C11H17NO4. The third kappa shape index (κ3) is 2.35. The van der Waals surface area contributed by atoms with Gasteiger partial charge in [0.05, 0.1) is 31.7 Å². The first-order valence-corrected chi connectivity index (χ1v) is 5.77. The van der Waals surface area contributed by atoms with E-state index >= 15 is 0 Å². The fourth-order valence-corrected chi connectivity index (χ4v) is 2.00. The first-order valence-electron chi connectivity index (χ1n) is 5.77. The summed E-state index contributed by atoms with van der Waals surface area (Å²) in [5, 5.41) is 0. The number of carbonyl (C=O) groups is 2. The number of nitrogens with zero attached hydrogens (tertiary/aromatic N) is 1. The number of hydrogen-bond donors (Lipinski definition) is 0. The van der Waals surface area contributed by atoms with Crippen LogP contribution in [0, 0.1) is 11.8 Å². The van der Waals surface area contributed by atoms with Gasteiger partial charge in [0.15, 0.2) is 0 Å². The van der Waals surface area contributed by atoms with Crippen molar-refractivity contribution < 1.29 is 19.1 Å². The van der Waals surface area contributed by atoms with Crippen molar-refractivity contribution in [2.45, 2.75) is 13.3 Å². The fraction of sp³-hybridized carbons (Fsp3) is 0.818. The molecule has 0 spiro atoms. The molecule has 1 saturated carbocycles. The maximum absolute atomic E-state index is 11.9. The largest absolute Gasteiger partial charge is 0.466 e. The average Bonchev–Trinajstić information content (AvgIpc) is 3.09. The van der Waals surface area contributed by atoms with Crippen molar-refractivity contribution in [1.82, 2.24) is 4.90 Å². The van der Waals surface area contributed by atoms with Gasteiger partial charge in [0.25, 0.3) is 0 Å². The van der Waals surface area contributed by atoms with Crippen LogP contribution in [0.3, 0.4) is 0 Å². The molecule has 2 aliphatic rings. The molecule has 5 nitrogen and oxygen atoms in total. The summed E-state index contributed by atoms with van der Waals surface area (Å²) in [6.45, 7) is 4.65. The maximum atomic E-state index is 11.9. The lowest BCUT2D eigenvalue weighted by molar-refractivity contribution is -0.147. The van der Waals surface area contributed by atoms with Crippen molar-refractivity contribution in [2.75, 3.05) is 32.9 Å². The van der Waals surface area contributed by atoms with E-state index in [1.165, 1.54) is 0 Å². The minimum Gasteiger partial charge on any atom is -0.466 e. The second-order valence-corrected chi connectivity index (χ2v) is 4.14. The van der Waals surface area contributed by atoms with Gasteiger partial charge in [-0.3, -0.25) is 9.59 Å². The van der Waals surface area contributed by atoms with Crippen LogP contribution in [0.25, 0.3) is 0 Å². The van der Waals surface area contributed by atoms with Gasteiger partial charge in [-0.15, -0.1) is 0 Å². The summed E-state index contributed by atoms with van der Waals surface area (Å²) in [4.78, 5) is 25.1. The molecule has 0 bridgehead atoms. The zero-order valence-electron chi connectivity index (χ0n) is 9.48. The third-order valence-corrected chi connectivity index (χ3v) is 3.02. The molecule has 0 radical (unpaired) electrons. The Morgan fingerprint density at radius 3 is 2.62 bits per heavy atom. The van der Waals surface area contributed by atoms with E-state index < -0.39 is 0 Å². The lowest BCUT2D eigenvalue weighted by atomic mass is 10.2. The molecule has 5 heteroatoms. The molecule has 1 aliphatic carbocycles. The number of rotatable bonds is 3. The Morgan fingerprint density at radius 1 is 1.31 bits per heavy atom. The van der Waals surface area contributed by atoms with Crippen LogP contribution in [-0.4, -0.2) is 49.7 Å². The van der Waals surface area contributed by atoms with Crippen LogP contribution in [0.5, 0.6) is 0 Å². The molecule has 0 unspecified atom stereocenters. The van der Waals surface area contributed by atoms with Crippen molar-refractivity contribution in [2.24, 2.45) is 11.8 Å². The predicted molar refractivity (Wildman–Crippen MR) is 55.6 cm³/mol. The summed E-state index contributed by atoms with van der Waals surface area (Å²) in [6.07, 6.45) is 0.648. The SMILES string of the molecule is CCOC(=O)[C@@H]1C[C@@H]1C(=O)N1CCOCC1. The maximum Gasteiger partial charge on any atom is 0.309 e. The number of esters is 1. The molecule has 1 amide bonds. The first-order chi connectivity index (χ1) is 7.74. The number of ether oxygens (including phenoxy) is 2. The molecule has 1 heterocycles. The summed E-state index contributed by atoms with van der Waals surface area (Å²) in [6, 6.07) is 0. The Labute approximate surface area is 94.7 Å². The van der Waals surface area contributed by atoms with Crippen LogP contribution in [-0.2, 0) is 19.1 Å². The summed E-state index contributed by atoms with van der Waals surface area (Å²) in [5.74, 6) is -0.483. The summed E-state index contributed by atoms with van der Waals surface area (Å²) in [7, 11) is 0. The van der Waals surface area contributed by atoms with Crippen LogP contribution < -0.4 is 0 Å². The molecular weight excluding hydrogens is 210 g/mol. The van der Waals surface area contributed by atoms with Gasteiger partial charge < -0.3 is 14.4 Å². The Morgan fingerprint density at radius 2 is 2.00 bits per heavy atom. The Bertz CT molecular complexity index is 286. The van der Waals surface area contributed by atoms with Crippen molar-refractivity contribution in [3.8, 4) is 0 Å². The van der Waals surface area contributed by atoms with Gasteiger partial charge in [0, 0.05) is 13.1 Å². The number of amides is 1. The van der Waals surface area contributed by atoms with Crippen LogP contribution in [0.2, 0.25) is 0 Å². The number of morpholine rings is 1. The molecule has 0 aromatic carbocycles. The molecule has 2 atom stereocenters. The average molecular weight is 227 g/mol. The van der Waals surface area contributed by atoms with Crippen LogP contribution in [0.15, 0.2) is 0 Å². The van der Waals surface area contributed by atoms with Crippen LogP contribution in [0.4, 0.5) is 0 Å². The van der Waals surface area contributed by atoms with Crippen molar-refractivity contribution in [3.63, 3.8) is 0 Å². The zero-order valence-corrected chi connectivity index (χ0v) is 9.48. The second-order valence-electron chi connectivity index (χ2n) is 4.14. The van der Waals surface area contributed by atoms with Crippen molar-refractivity contribution >= 4 is 11.9 Å². The molecule has 1 aliphatic heterocycles. The van der Waals surface area contributed by atoms with E-state index in [9.17, 15) is 9.59 Å². The highest BCUT2D eigenvalue weighted by molar-refractivity contribution is 5.90. The lowest BCUT2D eigenvalue weighted by Crippen LogP contribution is -2.42. The van der Waals surface area contributed by atoms with E-state index in [0.29, 0.717) is 39.3 Å². The van der Waals surface area contributed by atoms with Gasteiger partial charge in [-0.1, -0.05) is 0 Å². The predicted octanol–water partition coefficient (Wildman–Crippen LogP) is 0.0444. The standard InChI is InChI=1S/C11H17NO4/c1-2-16-11(14)9-7-8(9)10(13)12-3-5-15-6-4-12/h8-9H,2-7H2,1H3/t8-,9+/m0/s1. The normalized spacial score (nSPS) is 28.7. The van der Waals surface area contributed by atoms with E-state index in [0.717, 1.165) is 0 Å². The third-order valence-electron chi connectivity index (χ3n) is 3.02. The van der Waals surface area contributed by atoms with Crippen molar-refractivity contribution in [3.05, 3.63) is 0 Å². The molecule has 0 aromatic heterocycles. The van der Waals surface area contributed by atoms with E-state index in [1.54, 1.807) is 11.8 Å². The molecule has 1 saturated heterocycles. The van der Waals surface area contributed by atoms with Gasteiger partial charge in [-0.05, 0) is 13.3 Å². The number of carbonyl (C=O) groups excluding carboxylic acids is 2. The molecule has 0 N–H and O–H groups in total. The van der Waals surface area contributed by atoms with Gasteiger partial charge in [0.2, 0.25) is 5.91 Å².